The predicted octanol–water partition coefficient (Wildman–Crippen LogP) is 7.59. The maximum Gasteiger partial charge on any atom is 0.159 e. The van der Waals surface area contributed by atoms with Crippen molar-refractivity contribution in [3.63, 3.8) is 0 Å². The molecule has 0 aliphatic carbocycles. The molecule has 1 unspecified atom stereocenters. The normalized spacial score (nSPS) is 13.1. The summed E-state index contributed by atoms with van der Waals surface area (Å²) < 4.78 is 45.8. The zero-order valence-electron chi connectivity index (χ0n) is 16.7. The number of benzene rings is 3. The lowest BCUT2D eigenvalue weighted by Gasteiger charge is -2.29. The maximum atomic E-state index is 13.7. The van der Waals surface area contributed by atoms with Crippen LogP contribution in [0.5, 0.6) is 11.5 Å². The summed E-state index contributed by atoms with van der Waals surface area (Å²) in [7, 11) is 0. The van der Waals surface area contributed by atoms with Crippen LogP contribution in [0.2, 0.25) is 0 Å². The maximum absolute atomic E-state index is 13.7. The average Bonchev–Trinajstić information content (AvgIpc) is 2.72. The molecule has 0 aliphatic heterocycles. The van der Waals surface area contributed by atoms with Crippen LogP contribution in [0.1, 0.15) is 44.2 Å². The van der Waals surface area contributed by atoms with Gasteiger partial charge in [0.2, 0.25) is 0 Å². The minimum atomic E-state index is -0.815. The molecule has 0 bridgehead atoms. The van der Waals surface area contributed by atoms with Crippen molar-refractivity contribution in [3.8, 4) is 11.5 Å². The van der Waals surface area contributed by atoms with Crippen LogP contribution in [0.25, 0.3) is 0 Å². The van der Waals surface area contributed by atoms with Crippen molar-refractivity contribution in [1.29, 1.82) is 0 Å². The van der Waals surface area contributed by atoms with Crippen LogP contribution in [0.3, 0.4) is 0 Å². The lowest BCUT2D eigenvalue weighted by atomic mass is 9.76. The van der Waals surface area contributed by atoms with Gasteiger partial charge in [0.1, 0.15) is 17.3 Å². The van der Waals surface area contributed by atoms with Gasteiger partial charge in [-0.25, -0.2) is 13.2 Å². The van der Waals surface area contributed by atoms with Gasteiger partial charge in [0.15, 0.2) is 11.6 Å². The highest BCUT2D eigenvalue weighted by Gasteiger charge is 2.25. The van der Waals surface area contributed by atoms with Gasteiger partial charge in [0.05, 0.1) is 0 Å². The minimum Gasteiger partial charge on any atom is -0.457 e. The minimum absolute atomic E-state index is 0.212. The largest absolute Gasteiger partial charge is 0.457 e. The summed E-state index contributed by atoms with van der Waals surface area (Å²) in [6, 6.07) is 17.9. The van der Waals surface area contributed by atoms with E-state index in [1.54, 1.807) is 18.2 Å². The summed E-state index contributed by atoms with van der Waals surface area (Å²) in [6.45, 7) is 4.16. The Balaban J connectivity index is 1.63. The van der Waals surface area contributed by atoms with Gasteiger partial charge in [0.25, 0.3) is 0 Å². The third kappa shape index (κ3) is 5.41. The second kappa shape index (κ2) is 9.17. The molecule has 29 heavy (non-hydrogen) atoms. The Kier molecular flexibility index (Phi) is 6.63. The number of halogens is 3. The van der Waals surface area contributed by atoms with E-state index in [-0.39, 0.29) is 11.2 Å². The Labute approximate surface area is 170 Å². The van der Waals surface area contributed by atoms with E-state index >= 15 is 0 Å². The monoisotopic (exact) mass is 398 g/mol. The van der Waals surface area contributed by atoms with E-state index in [9.17, 15) is 13.2 Å². The average molecular weight is 398 g/mol. The molecular formula is C25H25F3O. The van der Waals surface area contributed by atoms with Crippen LogP contribution in [-0.2, 0) is 11.8 Å². The Bertz CT molecular complexity index is 953. The predicted molar refractivity (Wildman–Crippen MR) is 110 cm³/mol. The summed E-state index contributed by atoms with van der Waals surface area (Å²) in [5, 5.41) is 0. The van der Waals surface area contributed by atoms with E-state index in [1.807, 2.05) is 24.3 Å². The van der Waals surface area contributed by atoms with Crippen molar-refractivity contribution in [2.24, 2.45) is 0 Å². The van der Waals surface area contributed by atoms with Crippen molar-refractivity contribution in [3.05, 3.63) is 95.3 Å². The molecular weight excluding hydrogens is 373 g/mol. The third-order valence-corrected chi connectivity index (χ3v) is 5.54. The van der Waals surface area contributed by atoms with Crippen molar-refractivity contribution < 1.29 is 17.9 Å². The van der Waals surface area contributed by atoms with Crippen LogP contribution in [-0.4, -0.2) is 0 Å². The third-order valence-electron chi connectivity index (χ3n) is 5.54. The molecule has 1 nitrogen and oxygen atoms in total. The van der Waals surface area contributed by atoms with Gasteiger partial charge in [-0.3, -0.25) is 0 Å². The fourth-order valence-corrected chi connectivity index (χ4v) is 3.48. The molecule has 0 N–H and O–H groups in total. The Morgan fingerprint density at radius 3 is 2.28 bits per heavy atom. The van der Waals surface area contributed by atoms with Crippen molar-refractivity contribution >= 4 is 0 Å². The second-order valence-electron chi connectivity index (χ2n) is 7.60. The summed E-state index contributed by atoms with van der Waals surface area (Å²) in [4.78, 5) is 0. The van der Waals surface area contributed by atoms with Gasteiger partial charge >= 0.3 is 0 Å². The molecule has 0 saturated carbocycles. The quantitative estimate of drug-likeness (QED) is 0.380. The molecule has 0 fully saturated rings. The van der Waals surface area contributed by atoms with E-state index in [4.69, 9.17) is 4.74 Å². The number of hydrogen-bond donors (Lipinski definition) is 0. The van der Waals surface area contributed by atoms with Gasteiger partial charge in [-0.05, 0) is 90.8 Å². The topological polar surface area (TPSA) is 9.23 Å². The van der Waals surface area contributed by atoms with Gasteiger partial charge in [-0.15, -0.1) is 0 Å². The molecule has 0 aromatic heterocycles. The van der Waals surface area contributed by atoms with Crippen LogP contribution < -0.4 is 4.74 Å². The van der Waals surface area contributed by atoms with Gasteiger partial charge in [-0.1, -0.05) is 32.0 Å². The van der Waals surface area contributed by atoms with E-state index in [2.05, 4.69) is 13.8 Å². The van der Waals surface area contributed by atoms with E-state index in [0.717, 1.165) is 36.8 Å². The van der Waals surface area contributed by atoms with Crippen LogP contribution in [0.4, 0.5) is 13.2 Å². The fourth-order valence-electron chi connectivity index (χ4n) is 3.48. The highest BCUT2D eigenvalue weighted by molar-refractivity contribution is 5.34. The molecule has 0 radical (unpaired) electrons. The van der Waals surface area contributed by atoms with Crippen LogP contribution >= 0.6 is 0 Å². The summed E-state index contributed by atoms with van der Waals surface area (Å²) >= 11 is 0. The zero-order valence-corrected chi connectivity index (χ0v) is 16.7. The van der Waals surface area contributed by atoms with Crippen molar-refractivity contribution in [1.82, 2.24) is 0 Å². The Hall–Kier alpha value is -2.75. The molecule has 152 valence electrons. The van der Waals surface area contributed by atoms with E-state index < -0.39 is 11.6 Å². The lowest BCUT2D eigenvalue weighted by molar-refractivity contribution is 0.400. The van der Waals surface area contributed by atoms with Crippen LogP contribution in [0, 0.1) is 17.5 Å². The number of hydrogen-bond acceptors (Lipinski definition) is 1. The second-order valence-corrected chi connectivity index (χ2v) is 7.60. The molecule has 1 atom stereocenters. The van der Waals surface area contributed by atoms with Gasteiger partial charge in [0, 0.05) is 0 Å². The van der Waals surface area contributed by atoms with Crippen molar-refractivity contribution in [2.45, 2.75) is 44.9 Å². The first kappa shape index (κ1) is 21.0. The fraction of sp³-hybridized carbons (Fsp3) is 0.280. The molecule has 3 aromatic rings. The molecule has 0 saturated heterocycles. The SMILES string of the molecule is CCC(C)(CCCc1cccc(Oc2ccc(F)cc2)c1)c1ccc(F)c(F)c1. The summed E-state index contributed by atoms with van der Waals surface area (Å²) in [5.41, 5.74) is 1.75. The van der Waals surface area contributed by atoms with E-state index in [0.29, 0.717) is 11.5 Å². The number of ether oxygens (including phenoxy) is 1. The number of rotatable bonds is 8. The first-order chi connectivity index (χ1) is 13.9. The lowest BCUT2D eigenvalue weighted by Crippen LogP contribution is -2.21. The Morgan fingerprint density at radius 2 is 1.59 bits per heavy atom. The zero-order chi connectivity index (χ0) is 20.9. The molecule has 0 amide bonds. The first-order valence-corrected chi connectivity index (χ1v) is 9.87. The molecule has 0 heterocycles. The summed E-state index contributed by atoms with van der Waals surface area (Å²) in [5.74, 6) is -0.627. The van der Waals surface area contributed by atoms with Crippen molar-refractivity contribution in [2.75, 3.05) is 0 Å². The molecule has 0 spiro atoms. The first-order valence-electron chi connectivity index (χ1n) is 9.87. The Morgan fingerprint density at radius 1 is 0.828 bits per heavy atom. The van der Waals surface area contributed by atoms with Gasteiger partial charge in [-0.2, -0.15) is 0 Å². The standard InChI is InChI=1S/C25H25F3O/c1-3-25(2,19-9-14-23(27)24(28)17-19)15-5-7-18-6-4-8-22(16-18)29-21-12-10-20(26)11-13-21/h4,6,8-14,16-17H,3,5,7,15H2,1-2H3. The molecule has 0 aliphatic rings. The summed E-state index contributed by atoms with van der Waals surface area (Å²) in [6.07, 6.45) is 3.45. The molecule has 3 rings (SSSR count). The van der Waals surface area contributed by atoms with Crippen LogP contribution in [0.15, 0.2) is 66.7 Å². The molecule has 4 heteroatoms. The smallest absolute Gasteiger partial charge is 0.159 e. The number of aryl methyl sites for hydroxylation is 1. The van der Waals surface area contributed by atoms with E-state index in [1.165, 1.54) is 24.3 Å². The highest BCUT2D eigenvalue weighted by atomic mass is 19.2. The highest BCUT2D eigenvalue weighted by Crippen LogP contribution is 2.34. The van der Waals surface area contributed by atoms with Gasteiger partial charge < -0.3 is 4.74 Å². The molecule has 3 aromatic carbocycles.